The SMILES string of the molecule is Cc1cc(C)c2c(C)c(C(=O)Nc3[nH]c(=O)ncc3F)sc2n1. The molecule has 3 aromatic rings. The molecule has 0 atom stereocenters. The number of carbonyl (C=O) groups excluding carboxylic acids is 1. The number of hydrogen-bond acceptors (Lipinski definition) is 5. The van der Waals surface area contributed by atoms with Gasteiger partial charge in [-0.3, -0.25) is 9.78 Å². The lowest BCUT2D eigenvalue weighted by Crippen LogP contribution is -2.19. The molecule has 0 saturated heterocycles. The first-order valence-corrected chi connectivity index (χ1v) is 7.62. The van der Waals surface area contributed by atoms with Gasteiger partial charge in [-0.1, -0.05) is 0 Å². The van der Waals surface area contributed by atoms with Gasteiger partial charge in [0.05, 0.1) is 11.1 Å². The van der Waals surface area contributed by atoms with Crippen molar-refractivity contribution in [3.63, 3.8) is 0 Å². The topological polar surface area (TPSA) is 87.7 Å². The highest BCUT2D eigenvalue weighted by atomic mass is 32.1. The van der Waals surface area contributed by atoms with Crippen LogP contribution in [-0.2, 0) is 0 Å². The summed E-state index contributed by atoms with van der Waals surface area (Å²) in [7, 11) is 0. The molecule has 0 fully saturated rings. The monoisotopic (exact) mass is 332 g/mol. The Morgan fingerprint density at radius 3 is 2.83 bits per heavy atom. The summed E-state index contributed by atoms with van der Waals surface area (Å²) in [5.41, 5.74) is 1.95. The van der Waals surface area contributed by atoms with Gasteiger partial charge in [-0.05, 0) is 38.0 Å². The zero-order valence-electron chi connectivity index (χ0n) is 12.7. The molecule has 2 N–H and O–H groups in total. The van der Waals surface area contributed by atoms with Gasteiger partial charge >= 0.3 is 5.69 Å². The fraction of sp³-hybridized carbons (Fsp3) is 0.200. The van der Waals surface area contributed by atoms with Crippen LogP contribution in [0.3, 0.4) is 0 Å². The van der Waals surface area contributed by atoms with Crippen LogP contribution in [0.2, 0.25) is 0 Å². The number of anilines is 1. The molecule has 8 heteroatoms. The summed E-state index contributed by atoms with van der Waals surface area (Å²) in [6.45, 7) is 5.67. The first-order chi connectivity index (χ1) is 10.9. The maximum absolute atomic E-state index is 13.6. The molecule has 0 spiro atoms. The number of nitrogens with one attached hydrogen (secondary N) is 2. The fourth-order valence-corrected chi connectivity index (χ4v) is 3.67. The summed E-state index contributed by atoms with van der Waals surface area (Å²) in [6, 6.07) is 1.95. The van der Waals surface area contributed by atoms with Crippen LogP contribution >= 0.6 is 11.3 Å². The Kier molecular flexibility index (Phi) is 3.69. The van der Waals surface area contributed by atoms with E-state index in [4.69, 9.17) is 0 Å². The number of aromatic amines is 1. The number of rotatable bonds is 2. The first-order valence-electron chi connectivity index (χ1n) is 6.80. The van der Waals surface area contributed by atoms with Gasteiger partial charge in [0.25, 0.3) is 5.91 Å². The van der Waals surface area contributed by atoms with E-state index in [2.05, 4.69) is 20.3 Å². The maximum Gasteiger partial charge on any atom is 0.346 e. The van der Waals surface area contributed by atoms with E-state index in [0.29, 0.717) is 4.88 Å². The Bertz CT molecular complexity index is 993. The van der Waals surface area contributed by atoms with Crippen LogP contribution in [-0.4, -0.2) is 20.9 Å². The van der Waals surface area contributed by atoms with E-state index in [1.807, 2.05) is 26.8 Å². The quantitative estimate of drug-likeness (QED) is 0.755. The standard InChI is InChI=1S/C15H13FN4O2S/c1-6-4-7(2)18-14-10(6)8(3)11(23-14)13(21)19-12-9(16)5-17-15(22)20-12/h4-5H,1-3H3,(H2,17,19,20,21,22). The number of hydrogen-bond donors (Lipinski definition) is 2. The number of H-pyrrole nitrogens is 1. The van der Waals surface area contributed by atoms with Crippen molar-refractivity contribution < 1.29 is 9.18 Å². The number of pyridine rings is 1. The number of aromatic nitrogens is 3. The van der Waals surface area contributed by atoms with E-state index in [-0.39, 0.29) is 5.82 Å². The second-order valence-corrected chi connectivity index (χ2v) is 6.18. The van der Waals surface area contributed by atoms with Gasteiger partial charge in [0, 0.05) is 11.1 Å². The Morgan fingerprint density at radius 1 is 1.35 bits per heavy atom. The van der Waals surface area contributed by atoms with E-state index in [9.17, 15) is 14.0 Å². The van der Waals surface area contributed by atoms with Crippen LogP contribution in [0.1, 0.15) is 26.5 Å². The second kappa shape index (κ2) is 5.54. The van der Waals surface area contributed by atoms with Crippen LogP contribution in [0, 0.1) is 26.6 Å². The smallest absolute Gasteiger partial charge is 0.305 e. The van der Waals surface area contributed by atoms with Crippen molar-refractivity contribution in [2.45, 2.75) is 20.8 Å². The molecular weight excluding hydrogens is 319 g/mol. The molecule has 0 saturated carbocycles. The summed E-state index contributed by atoms with van der Waals surface area (Å²) < 4.78 is 13.6. The molecule has 0 aliphatic rings. The van der Waals surface area contributed by atoms with Crippen molar-refractivity contribution in [3.8, 4) is 0 Å². The Balaban J connectivity index is 2.05. The highest BCUT2D eigenvalue weighted by molar-refractivity contribution is 7.20. The average Bonchev–Trinajstić information content (AvgIpc) is 2.80. The maximum atomic E-state index is 13.6. The number of nitrogens with zero attached hydrogens (tertiary/aromatic N) is 2. The second-order valence-electron chi connectivity index (χ2n) is 5.18. The molecule has 0 unspecified atom stereocenters. The van der Waals surface area contributed by atoms with Crippen LogP contribution in [0.25, 0.3) is 10.2 Å². The number of aryl methyl sites for hydroxylation is 3. The lowest BCUT2D eigenvalue weighted by molar-refractivity contribution is 0.102. The summed E-state index contributed by atoms with van der Waals surface area (Å²) >= 11 is 1.24. The Morgan fingerprint density at radius 2 is 2.09 bits per heavy atom. The van der Waals surface area contributed by atoms with Gasteiger partial charge in [0.15, 0.2) is 11.6 Å². The van der Waals surface area contributed by atoms with Gasteiger partial charge in [-0.15, -0.1) is 11.3 Å². The third-order valence-corrected chi connectivity index (χ3v) is 4.62. The summed E-state index contributed by atoms with van der Waals surface area (Å²) in [6.07, 6.45) is 0.765. The molecule has 23 heavy (non-hydrogen) atoms. The van der Waals surface area contributed by atoms with Gasteiger partial charge in [0.1, 0.15) is 4.83 Å². The Labute approximate surface area is 134 Å². The molecule has 0 aliphatic carbocycles. The highest BCUT2D eigenvalue weighted by Gasteiger charge is 2.19. The molecule has 3 heterocycles. The molecule has 3 aromatic heterocycles. The van der Waals surface area contributed by atoms with Crippen molar-refractivity contribution >= 4 is 33.3 Å². The number of halogens is 1. The van der Waals surface area contributed by atoms with Crippen LogP contribution < -0.4 is 11.0 Å². The third kappa shape index (κ3) is 2.72. The van der Waals surface area contributed by atoms with Crippen molar-refractivity contribution in [3.05, 3.63) is 50.3 Å². The minimum Gasteiger partial charge on any atom is -0.305 e. The predicted octanol–water partition coefficient (Wildman–Crippen LogP) is 2.70. The lowest BCUT2D eigenvalue weighted by atomic mass is 10.1. The molecule has 0 aliphatic heterocycles. The largest absolute Gasteiger partial charge is 0.346 e. The van der Waals surface area contributed by atoms with E-state index in [1.54, 1.807) is 0 Å². The van der Waals surface area contributed by atoms with Crippen molar-refractivity contribution in [2.24, 2.45) is 0 Å². The number of fused-ring (bicyclic) bond motifs is 1. The molecule has 118 valence electrons. The van der Waals surface area contributed by atoms with Crippen LogP contribution in [0.15, 0.2) is 17.1 Å². The van der Waals surface area contributed by atoms with Gasteiger partial charge in [0.2, 0.25) is 0 Å². The summed E-state index contributed by atoms with van der Waals surface area (Å²) in [5, 5.41) is 3.30. The zero-order valence-corrected chi connectivity index (χ0v) is 13.5. The molecule has 0 aromatic carbocycles. The van der Waals surface area contributed by atoms with Crippen molar-refractivity contribution in [1.29, 1.82) is 0 Å². The molecule has 3 rings (SSSR count). The number of thiophene rings is 1. The Hall–Kier alpha value is -2.61. The lowest BCUT2D eigenvalue weighted by Gasteiger charge is -2.04. The summed E-state index contributed by atoms with van der Waals surface area (Å²) in [5.74, 6) is -1.60. The fourth-order valence-electron chi connectivity index (χ4n) is 2.48. The minimum absolute atomic E-state index is 0.298. The summed E-state index contributed by atoms with van der Waals surface area (Å²) in [4.78, 5) is 34.6. The predicted molar refractivity (Wildman–Crippen MR) is 86.6 cm³/mol. The van der Waals surface area contributed by atoms with Crippen molar-refractivity contribution in [1.82, 2.24) is 15.0 Å². The molecule has 0 radical (unpaired) electrons. The van der Waals surface area contributed by atoms with Gasteiger partial charge in [-0.25, -0.2) is 14.2 Å². The molecular formula is C15H13FN4O2S. The molecule has 1 amide bonds. The van der Waals surface area contributed by atoms with Gasteiger partial charge in [-0.2, -0.15) is 4.98 Å². The molecule has 6 nitrogen and oxygen atoms in total. The van der Waals surface area contributed by atoms with Crippen LogP contribution in [0.5, 0.6) is 0 Å². The molecule has 0 bridgehead atoms. The van der Waals surface area contributed by atoms with E-state index in [1.165, 1.54) is 11.3 Å². The first kappa shape index (κ1) is 15.3. The third-order valence-electron chi connectivity index (χ3n) is 3.44. The van der Waals surface area contributed by atoms with E-state index in [0.717, 1.165) is 33.2 Å². The average molecular weight is 332 g/mol. The van der Waals surface area contributed by atoms with Crippen LogP contribution in [0.4, 0.5) is 10.2 Å². The van der Waals surface area contributed by atoms with Gasteiger partial charge < -0.3 is 5.32 Å². The number of carbonyl (C=O) groups is 1. The van der Waals surface area contributed by atoms with Crippen molar-refractivity contribution in [2.75, 3.05) is 5.32 Å². The van der Waals surface area contributed by atoms with E-state index >= 15 is 0 Å². The number of amides is 1. The normalized spacial score (nSPS) is 11.0. The van der Waals surface area contributed by atoms with E-state index < -0.39 is 17.4 Å². The minimum atomic E-state index is -0.804. The highest BCUT2D eigenvalue weighted by Crippen LogP contribution is 2.32. The zero-order chi connectivity index (χ0) is 16.7.